The van der Waals surface area contributed by atoms with Gasteiger partial charge in [-0.15, -0.1) is 0 Å². The molecule has 2 aromatic rings. The Bertz CT molecular complexity index is 770. The van der Waals surface area contributed by atoms with Gasteiger partial charge in [-0.05, 0) is 30.5 Å². The highest BCUT2D eigenvalue weighted by Crippen LogP contribution is 2.38. The van der Waals surface area contributed by atoms with Crippen LogP contribution in [0.2, 0.25) is 5.02 Å². The zero-order chi connectivity index (χ0) is 17.2. The average molecular weight is 357 g/mol. The third-order valence-electron chi connectivity index (χ3n) is 4.86. The van der Waals surface area contributed by atoms with Gasteiger partial charge in [0.05, 0.1) is 6.42 Å². The molecule has 6 heteroatoms. The van der Waals surface area contributed by atoms with Crippen LogP contribution in [0.5, 0.6) is 0 Å². The van der Waals surface area contributed by atoms with Crippen LogP contribution < -0.4 is 4.90 Å². The maximum atomic E-state index is 12.5. The van der Waals surface area contributed by atoms with Crippen LogP contribution >= 0.6 is 11.6 Å². The van der Waals surface area contributed by atoms with E-state index in [2.05, 4.69) is 9.88 Å². The van der Waals surface area contributed by atoms with Gasteiger partial charge in [0, 0.05) is 43.3 Å². The van der Waals surface area contributed by atoms with Crippen LogP contribution in [0.1, 0.15) is 30.1 Å². The van der Waals surface area contributed by atoms with E-state index in [1.165, 1.54) is 12.8 Å². The molecule has 0 spiro atoms. The number of nitrogens with zero attached hydrogens (tertiary/aromatic N) is 4. The van der Waals surface area contributed by atoms with E-state index in [1.807, 2.05) is 41.4 Å². The molecule has 1 aromatic carbocycles. The largest absolute Gasteiger partial charge is 0.353 e. The van der Waals surface area contributed by atoms with Crippen molar-refractivity contribution < 1.29 is 4.79 Å². The number of carbonyl (C=O) groups excluding carboxylic acids is 1. The fraction of sp³-hybridized carbons (Fsp3) is 0.421. The quantitative estimate of drug-likeness (QED) is 0.845. The van der Waals surface area contributed by atoms with Gasteiger partial charge in [-0.1, -0.05) is 29.8 Å². The summed E-state index contributed by atoms with van der Waals surface area (Å²) in [6.07, 6.45) is 4.62. The first kappa shape index (κ1) is 16.3. The van der Waals surface area contributed by atoms with Gasteiger partial charge >= 0.3 is 0 Å². The summed E-state index contributed by atoms with van der Waals surface area (Å²) in [5.74, 6) is 2.64. The van der Waals surface area contributed by atoms with Crippen molar-refractivity contribution in [2.24, 2.45) is 0 Å². The summed E-state index contributed by atoms with van der Waals surface area (Å²) in [4.78, 5) is 25.8. The zero-order valence-electron chi connectivity index (χ0n) is 14.1. The summed E-state index contributed by atoms with van der Waals surface area (Å²) >= 11 is 6.16. The maximum absolute atomic E-state index is 12.5. The second kappa shape index (κ2) is 7.00. The van der Waals surface area contributed by atoms with Gasteiger partial charge in [-0.3, -0.25) is 4.79 Å². The number of hydrogen-bond acceptors (Lipinski definition) is 4. The highest BCUT2D eigenvalue weighted by molar-refractivity contribution is 6.31. The van der Waals surface area contributed by atoms with Crippen molar-refractivity contribution in [2.75, 3.05) is 31.1 Å². The lowest BCUT2D eigenvalue weighted by molar-refractivity contribution is -0.130. The zero-order valence-corrected chi connectivity index (χ0v) is 14.8. The molecule has 1 saturated heterocycles. The molecule has 0 unspecified atom stereocenters. The molecule has 1 saturated carbocycles. The monoisotopic (exact) mass is 356 g/mol. The number of rotatable bonds is 4. The molecule has 1 aliphatic heterocycles. The fourth-order valence-corrected chi connectivity index (χ4v) is 3.38. The van der Waals surface area contributed by atoms with E-state index < -0.39 is 0 Å². The van der Waals surface area contributed by atoms with Crippen molar-refractivity contribution in [3.05, 3.63) is 52.9 Å². The first-order valence-electron chi connectivity index (χ1n) is 8.80. The average Bonchev–Trinajstić information content (AvgIpc) is 3.49. The van der Waals surface area contributed by atoms with Gasteiger partial charge in [0.1, 0.15) is 11.6 Å². The van der Waals surface area contributed by atoms with Crippen molar-refractivity contribution in [1.82, 2.24) is 14.9 Å². The second-order valence-corrected chi connectivity index (χ2v) is 7.09. The molecule has 2 fully saturated rings. The standard InChI is InChI=1S/C19H21ClN4O/c20-16-4-2-1-3-15(16)13-18(25)24-11-9-23(10-12-24)17-7-8-21-19(22-17)14-5-6-14/h1-4,7-8,14H,5-6,9-13H2. The Hall–Kier alpha value is -2.14. The van der Waals surface area contributed by atoms with Gasteiger partial charge in [0.25, 0.3) is 0 Å². The molecule has 0 radical (unpaired) electrons. The first-order valence-corrected chi connectivity index (χ1v) is 9.17. The molecule has 25 heavy (non-hydrogen) atoms. The Morgan fingerprint density at radius 1 is 1.12 bits per heavy atom. The van der Waals surface area contributed by atoms with Gasteiger partial charge in [-0.2, -0.15) is 0 Å². The Morgan fingerprint density at radius 3 is 2.60 bits per heavy atom. The summed E-state index contributed by atoms with van der Waals surface area (Å²) in [7, 11) is 0. The number of amides is 1. The minimum atomic E-state index is 0.133. The summed E-state index contributed by atoms with van der Waals surface area (Å²) in [6.45, 7) is 3.03. The van der Waals surface area contributed by atoms with E-state index in [0.29, 0.717) is 30.5 Å². The molecule has 1 amide bonds. The van der Waals surface area contributed by atoms with E-state index in [1.54, 1.807) is 0 Å². The van der Waals surface area contributed by atoms with E-state index in [-0.39, 0.29) is 5.91 Å². The molecule has 1 aliphatic carbocycles. The van der Waals surface area contributed by atoms with Gasteiger partial charge in [0.15, 0.2) is 0 Å². The van der Waals surface area contributed by atoms with E-state index in [0.717, 1.165) is 30.3 Å². The second-order valence-electron chi connectivity index (χ2n) is 6.68. The smallest absolute Gasteiger partial charge is 0.227 e. The molecule has 2 aliphatic rings. The number of carbonyl (C=O) groups is 1. The van der Waals surface area contributed by atoms with Crippen LogP contribution in [0.25, 0.3) is 0 Å². The number of anilines is 1. The minimum absolute atomic E-state index is 0.133. The molecule has 0 bridgehead atoms. The van der Waals surface area contributed by atoms with Crippen molar-refractivity contribution >= 4 is 23.3 Å². The summed E-state index contributed by atoms with van der Waals surface area (Å²) in [5.41, 5.74) is 0.890. The molecule has 130 valence electrons. The van der Waals surface area contributed by atoms with Gasteiger partial charge < -0.3 is 9.80 Å². The third-order valence-corrected chi connectivity index (χ3v) is 5.23. The molecular formula is C19H21ClN4O. The highest BCUT2D eigenvalue weighted by atomic mass is 35.5. The van der Waals surface area contributed by atoms with E-state index in [4.69, 9.17) is 16.6 Å². The SMILES string of the molecule is O=C(Cc1ccccc1Cl)N1CCN(c2ccnc(C3CC3)n2)CC1. The predicted molar refractivity (Wildman–Crippen MR) is 98.0 cm³/mol. The number of benzene rings is 1. The Kier molecular flexibility index (Phi) is 4.57. The summed E-state index contributed by atoms with van der Waals surface area (Å²) in [6, 6.07) is 9.50. The van der Waals surface area contributed by atoms with E-state index in [9.17, 15) is 4.79 Å². The normalized spacial score (nSPS) is 17.6. The van der Waals surface area contributed by atoms with Gasteiger partial charge in [0.2, 0.25) is 5.91 Å². The molecule has 0 N–H and O–H groups in total. The van der Waals surface area contributed by atoms with Crippen LogP contribution in [-0.2, 0) is 11.2 Å². The predicted octanol–water partition coefficient (Wildman–Crippen LogP) is 2.90. The van der Waals surface area contributed by atoms with Crippen LogP contribution in [0.15, 0.2) is 36.5 Å². The third kappa shape index (κ3) is 3.76. The lowest BCUT2D eigenvalue weighted by Gasteiger charge is -2.35. The van der Waals surface area contributed by atoms with Crippen LogP contribution in [0.3, 0.4) is 0 Å². The first-order chi connectivity index (χ1) is 12.2. The Labute approximate surface area is 152 Å². The Morgan fingerprint density at radius 2 is 1.88 bits per heavy atom. The number of aromatic nitrogens is 2. The minimum Gasteiger partial charge on any atom is -0.353 e. The molecular weight excluding hydrogens is 336 g/mol. The lowest BCUT2D eigenvalue weighted by atomic mass is 10.1. The molecule has 2 heterocycles. The molecule has 5 nitrogen and oxygen atoms in total. The van der Waals surface area contributed by atoms with Crippen molar-refractivity contribution in [2.45, 2.75) is 25.2 Å². The molecule has 1 aromatic heterocycles. The fourth-order valence-electron chi connectivity index (χ4n) is 3.18. The summed E-state index contributed by atoms with van der Waals surface area (Å²) < 4.78 is 0. The van der Waals surface area contributed by atoms with Crippen LogP contribution in [0, 0.1) is 0 Å². The van der Waals surface area contributed by atoms with Gasteiger partial charge in [-0.25, -0.2) is 9.97 Å². The van der Waals surface area contributed by atoms with Crippen molar-refractivity contribution in [3.63, 3.8) is 0 Å². The maximum Gasteiger partial charge on any atom is 0.227 e. The topological polar surface area (TPSA) is 49.3 Å². The number of hydrogen-bond donors (Lipinski definition) is 0. The van der Waals surface area contributed by atoms with E-state index >= 15 is 0 Å². The number of halogens is 1. The molecule has 0 atom stereocenters. The Balaban J connectivity index is 1.35. The summed E-state index contributed by atoms with van der Waals surface area (Å²) in [5, 5.41) is 0.656. The van der Waals surface area contributed by atoms with Crippen LogP contribution in [0.4, 0.5) is 5.82 Å². The van der Waals surface area contributed by atoms with Crippen LogP contribution in [-0.4, -0.2) is 47.0 Å². The molecule has 4 rings (SSSR count). The number of piperazine rings is 1. The highest BCUT2D eigenvalue weighted by Gasteiger charge is 2.28. The lowest BCUT2D eigenvalue weighted by Crippen LogP contribution is -2.49. The van der Waals surface area contributed by atoms with Crippen molar-refractivity contribution in [1.29, 1.82) is 0 Å². The van der Waals surface area contributed by atoms with Crippen molar-refractivity contribution in [3.8, 4) is 0 Å².